The molecule has 0 saturated carbocycles. The minimum absolute atomic E-state index is 0.166. The fraction of sp³-hybridized carbons (Fsp3) is 0.0833. The number of rotatable bonds is 5. The molecule has 0 fully saturated rings. The van der Waals surface area contributed by atoms with Gasteiger partial charge in [0, 0.05) is 12.1 Å². The summed E-state index contributed by atoms with van der Waals surface area (Å²) in [6.45, 7) is 0.174. The highest BCUT2D eigenvalue weighted by Crippen LogP contribution is 2.34. The van der Waals surface area contributed by atoms with Gasteiger partial charge in [-0.1, -0.05) is 48.1 Å². The number of thiophene rings is 1. The van der Waals surface area contributed by atoms with E-state index in [1.165, 1.54) is 6.07 Å². The van der Waals surface area contributed by atoms with Gasteiger partial charge in [-0.2, -0.15) is 0 Å². The largest absolute Gasteiger partial charge is 0.389 e. The molecule has 0 bridgehead atoms. The van der Waals surface area contributed by atoms with Crippen LogP contribution in [0.2, 0.25) is 5.02 Å². The topological polar surface area (TPSA) is 72.2 Å². The van der Waals surface area contributed by atoms with Crippen molar-refractivity contribution in [1.29, 1.82) is 0 Å². The minimum atomic E-state index is -3.58. The first-order valence-electron chi connectivity index (χ1n) is 5.63. The molecule has 3 N–H and O–H groups in total. The molecule has 0 radical (unpaired) electrons. The fourth-order valence-electron chi connectivity index (χ4n) is 1.50. The van der Waals surface area contributed by atoms with Gasteiger partial charge in [-0.05, 0) is 27.6 Å². The van der Waals surface area contributed by atoms with Gasteiger partial charge in [0.05, 0.1) is 8.81 Å². The molecule has 112 valence electrons. The molecular weight excluding hydrogens is 416 g/mol. The molecule has 4 nitrogen and oxygen atoms in total. The molecule has 0 aliphatic rings. The summed E-state index contributed by atoms with van der Waals surface area (Å²) in [6.07, 6.45) is 0. The number of thiocarbonyl (C=S) groups is 1. The van der Waals surface area contributed by atoms with Crippen molar-refractivity contribution in [3.63, 3.8) is 0 Å². The molecule has 1 aromatic carbocycles. The third-order valence-corrected chi connectivity index (χ3v) is 7.18. The van der Waals surface area contributed by atoms with E-state index in [-0.39, 0.29) is 10.8 Å². The van der Waals surface area contributed by atoms with E-state index in [4.69, 9.17) is 29.6 Å². The Labute approximate surface area is 145 Å². The van der Waals surface area contributed by atoms with Crippen LogP contribution in [0.5, 0.6) is 0 Å². The smallest absolute Gasteiger partial charge is 0.250 e. The number of hydrogen-bond acceptors (Lipinski definition) is 4. The molecule has 0 aliphatic carbocycles. The van der Waals surface area contributed by atoms with Crippen LogP contribution in [0.4, 0.5) is 0 Å². The van der Waals surface area contributed by atoms with Gasteiger partial charge in [0.25, 0.3) is 0 Å². The molecule has 2 rings (SSSR count). The second kappa shape index (κ2) is 6.72. The van der Waals surface area contributed by atoms with Gasteiger partial charge < -0.3 is 5.73 Å². The van der Waals surface area contributed by atoms with E-state index in [0.29, 0.717) is 13.8 Å². The van der Waals surface area contributed by atoms with E-state index < -0.39 is 10.0 Å². The first kappa shape index (κ1) is 16.9. The molecule has 2 aromatic rings. The Hall–Kier alpha value is -0.510. The van der Waals surface area contributed by atoms with Crippen molar-refractivity contribution in [3.05, 3.63) is 50.3 Å². The van der Waals surface area contributed by atoms with Crippen molar-refractivity contribution in [3.8, 4) is 0 Å². The van der Waals surface area contributed by atoms with Gasteiger partial charge in [-0.3, -0.25) is 0 Å². The summed E-state index contributed by atoms with van der Waals surface area (Å²) in [5.41, 5.74) is 7.05. The highest BCUT2D eigenvalue weighted by Gasteiger charge is 2.18. The Kier molecular flexibility index (Phi) is 5.39. The van der Waals surface area contributed by atoms with Gasteiger partial charge in [-0.25, -0.2) is 13.1 Å². The van der Waals surface area contributed by atoms with Crippen LogP contribution in [0.1, 0.15) is 11.1 Å². The van der Waals surface area contributed by atoms with E-state index in [0.717, 1.165) is 22.5 Å². The SMILES string of the molecule is NC(=S)c1ccc(CNS(=O)(=O)c2cc(Cl)c(Br)s2)cc1. The maximum atomic E-state index is 12.1. The summed E-state index contributed by atoms with van der Waals surface area (Å²) in [7, 11) is -3.58. The van der Waals surface area contributed by atoms with Crippen LogP contribution < -0.4 is 10.5 Å². The zero-order valence-electron chi connectivity index (χ0n) is 10.5. The van der Waals surface area contributed by atoms with Gasteiger partial charge in [-0.15, -0.1) is 11.3 Å². The number of nitrogens with one attached hydrogen (secondary N) is 1. The lowest BCUT2D eigenvalue weighted by Crippen LogP contribution is -2.22. The maximum Gasteiger partial charge on any atom is 0.250 e. The van der Waals surface area contributed by atoms with E-state index in [9.17, 15) is 8.42 Å². The van der Waals surface area contributed by atoms with Gasteiger partial charge in [0.1, 0.15) is 9.20 Å². The molecule has 0 atom stereocenters. The molecule has 21 heavy (non-hydrogen) atoms. The van der Waals surface area contributed by atoms with Crippen LogP contribution in [0.15, 0.2) is 38.3 Å². The molecule has 0 saturated heterocycles. The molecule has 1 heterocycles. The van der Waals surface area contributed by atoms with Crippen LogP contribution >= 0.6 is 51.1 Å². The third kappa shape index (κ3) is 4.24. The van der Waals surface area contributed by atoms with Crippen LogP contribution in [-0.2, 0) is 16.6 Å². The summed E-state index contributed by atoms with van der Waals surface area (Å²) in [5.74, 6) is 0. The second-order valence-corrected chi connectivity index (χ2v) is 9.28. The Bertz CT molecular complexity index is 753. The predicted molar refractivity (Wildman–Crippen MR) is 93.4 cm³/mol. The average molecular weight is 426 g/mol. The zero-order chi connectivity index (χ0) is 15.6. The number of hydrogen-bond donors (Lipinski definition) is 2. The first-order valence-corrected chi connectivity index (χ1v) is 9.51. The van der Waals surface area contributed by atoms with Crippen molar-refractivity contribution in [2.45, 2.75) is 10.8 Å². The van der Waals surface area contributed by atoms with Crippen molar-refractivity contribution in [2.24, 2.45) is 5.73 Å². The van der Waals surface area contributed by atoms with Crippen LogP contribution in [0, 0.1) is 0 Å². The highest BCUT2D eigenvalue weighted by atomic mass is 79.9. The predicted octanol–water partition coefficient (Wildman–Crippen LogP) is 3.28. The Balaban J connectivity index is 2.09. The van der Waals surface area contributed by atoms with Crippen molar-refractivity contribution in [1.82, 2.24) is 4.72 Å². The second-order valence-electron chi connectivity index (χ2n) is 4.07. The van der Waals surface area contributed by atoms with E-state index in [1.54, 1.807) is 24.3 Å². The van der Waals surface area contributed by atoms with E-state index in [1.807, 2.05) is 0 Å². The molecular formula is C12H10BrClN2O2S3. The van der Waals surface area contributed by atoms with Crippen molar-refractivity contribution >= 4 is 66.1 Å². The van der Waals surface area contributed by atoms with Crippen LogP contribution in [0.3, 0.4) is 0 Å². The molecule has 1 aromatic heterocycles. The molecule has 0 unspecified atom stereocenters. The summed E-state index contributed by atoms with van der Waals surface area (Å²) < 4.78 is 27.5. The van der Waals surface area contributed by atoms with Crippen molar-refractivity contribution < 1.29 is 8.42 Å². The number of nitrogens with two attached hydrogens (primary N) is 1. The van der Waals surface area contributed by atoms with E-state index >= 15 is 0 Å². The van der Waals surface area contributed by atoms with Gasteiger partial charge >= 0.3 is 0 Å². The number of benzene rings is 1. The third-order valence-electron chi connectivity index (χ3n) is 2.59. The lowest BCUT2D eigenvalue weighted by molar-refractivity contribution is 0.583. The average Bonchev–Trinajstić information content (AvgIpc) is 2.78. The van der Waals surface area contributed by atoms with Gasteiger partial charge in [0.2, 0.25) is 10.0 Å². The molecule has 0 amide bonds. The zero-order valence-corrected chi connectivity index (χ0v) is 15.3. The fourth-order valence-corrected chi connectivity index (χ4v) is 5.09. The molecule has 0 aliphatic heterocycles. The summed E-state index contributed by atoms with van der Waals surface area (Å²) in [6, 6.07) is 8.46. The summed E-state index contributed by atoms with van der Waals surface area (Å²) >= 11 is 15.0. The first-order chi connectivity index (χ1) is 9.79. The Morgan fingerprint density at radius 1 is 1.38 bits per heavy atom. The maximum absolute atomic E-state index is 12.1. The monoisotopic (exact) mass is 424 g/mol. The quantitative estimate of drug-likeness (QED) is 0.721. The lowest BCUT2D eigenvalue weighted by Gasteiger charge is -2.05. The highest BCUT2D eigenvalue weighted by molar-refractivity contribution is 9.11. The standard InChI is InChI=1S/C12H10BrClN2O2S3/c13-11-9(14)5-10(20-11)21(17,18)16-6-7-1-3-8(4-2-7)12(15)19/h1-5,16H,6H2,(H2,15,19). The number of halogens is 2. The Morgan fingerprint density at radius 2 is 2.00 bits per heavy atom. The van der Waals surface area contributed by atoms with E-state index in [2.05, 4.69) is 20.7 Å². The lowest BCUT2D eigenvalue weighted by atomic mass is 10.1. The van der Waals surface area contributed by atoms with Crippen LogP contribution in [-0.4, -0.2) is 13.4 Å². The summed E-state index contributed by atoms with van der Waals surface area (Å²) in [4.78, 5) is 0.306. The molecule has 9 heteroatoms. The van der Waals surface area contributed by atoms with Crippen molar-refractivity contribution in [2.75, 3.05) is 0 Å². The molecule has 0 spiro atoms. The Morgan fingerprint density at radius 3 is 2.48 bits per heavy atom. The van der Waals surface area contributed by atoms with Crippen LogP contribution in [0.25, 0.3) is 0 Å². The van der Waals surface area contributed by atoms with Gasteiger partial charge in [0.15, 0.2) is 0 Å². The normalized spacial score (nSPS) is 11.5. The summed E-state index contributed by atoms with van der Waals surface area (Å²) in [5, 5.41) is 0.376. The number of sulfonamides is 1. The minimum Gasteiger partial charge on any atom is -0.389 e.